The van der Waals surface area contributed by atoms with Gasteiger partial charge < -0.3 is 10.1 Å². The second-order valence-corrected chi connectivity index (χ2v) is 6.15. The van der Waals surface area contributed by atoms with Gasteiger partial charge in [0.1, 0.15) is 0 Å². The highest BCUT2D eigenvalue weighted by atomic mass is 16.5. The van der Waals surface area contributed by atoms with Gasteiger partial charge in [-0.15, -0.1) is 0 Å². The molecule has 1 saturated heterocycles. The number of unbranched alkanes of at least 4 members (excludes halogenated alkanes) is 1. The van der Waals surface area contributed by atoms with E-state index in [4.69, 9.17) is 4.74 Å². The van der Waals surface area contributed by atoms with Crippen LogP contribution in [0.5, 0.6) is 0 Å². The topological polar surface area (TPSA) is 21.3 Å². The summed E-state index contributed by atoms with van der Waals surface area (Å²) in [5.41, 5.74) is 2.84. The van der Waals surface area contributed by atoms with Gasteiger partial charge in [-0.1, -0.05) is 37.6 Å². The molecule has 0 radical (unpaired) electrons. The first-order valence-corrected chi connectivity index (χ1v) is 8.13. The molecular weight excluding hydrogens is 246 g/mol. The molecule has 2 nitrogen and oxygen atoms in total. The number of hydrogen-bond donors (Lipinski definition) is 1. The Kier molecular flexibility index (Phi) is 6.06. The van der Waals surface area contributed by atoms with Crippen molar-refractivity contribution < 1.29 is 4.74 Å². The predicted molar refractivity (Wildman–Crippen MR) is 85.0 cm³/mol. The van der Waals surface area contributed by atoms with Gasteiger partial charge in [0.05, 0.1) is 6.61 Å². The van der Waals surface area contributed by atoms with Crippen molar-refractivity contribution in [2.75, 3.05) is 13.2 Å². The normalized spacial score (nSPS) is 21.9. The molecule has 0 saturated carbocycles. The highest BCUT2D eigenvalue weighted by Crippen LogP contribution is 2.21. The molecule has 2 heteroatoms. The first-order valence-electron chi connectivity index (χ1n) is 8.13. The van der Waals surface area contributed by atoms with E-state index in [0.717, 1.165) is 13.2 Å². The van der Waals surface area contributed by atoms with Crippen molar-refractivity contribution in [1.29, 1.82) is 0 Å². The van der Waals surface area contributed by atoms with Crippen molar-refractivity contribution in [3.63, 3.8) is 0 Å². The highest BCUT2D eigenvalue weighted by molar-refractivity contribution is 5.25. The van der Waals surface area contributed by atoms with E-state index in [-0.39, 0.29) is 0 Å². The molecule has 0 spiro atoms. The molecule has 0 amide bonds. The lowest BCUT2D eigenvalue weighted by atomic mass is 9.98. The number of hydrogen-bond acceptors (Lipinski definition) is 2. The van der Waals surface area contributed by atoms with E-state index >= 15 is 0 Å². The number of rotatable bonds is 7. The van der Waals surface area contributed by atoms with E-state index < -0.39 is 0 Å². The minimum absolute atomic E-state index is 0.408. The summed E-state index contributed by atoms with van der Waals surface area (Å²) in [5, 5.41) is 3.72. The van der Waals surface area contributed by atoms with E-state index in [1.165, 1.54) is 36.8 Å². The number of ether oxygens (including phenoxy) is 1. The first kappa shape index (κ1) is 15.5. The molecule has 1 N–H and O–H groups in total. The second kappa shape index (κ2) is 7.80. The van der Waals surface area contributed by atoms with Gasteiger partial charge >= 0.3 is 0 Å². The number of nitrogens with one attached hydrogen (secondary N) is 1. The smallest absolute Gasteiger partial charge is 0.0509 e. The monoisotopic (exact) mass is 275 g/mol. The van der Waals surface area contributed by atoms with E-state index in [1.807, 2.05) is 0 Å². The van der Waals surface area contributed by atoms with Gasteiger partial charge in [0.25, 0.3) is 0 Å². The maximum atomic E-state index is 5.48. The third kappa shape index (κ3) is 4.32. The third-order valence-corrected chi connectivity index (χ3v) is 4.48. The summed E-state index contributed by atoms with van der Waals surface area (Å²) in [7, 11) is 0. The standard InChI is InChI=1S/C18H29NO/c1-4-5-6-16-7-9-17(10-8-16)14(2)19-15(3)18-11-12-20-13-18/h7-10,14-15,18-19H,4-6,11-13H2,1-3H3. The summed E-state index contributed by atoms with van der Waals surface area (Å²) in [6, 6.07) is 10.1. The van der Waals surface area contributed by atoms with Gasteiger partial charge in [-0.3, -0.25) is 0 Å². The highest BCUT2D eigenvalue weighted by Gasteiger charge is 2.23. The van der Waals surface area contributed by atoms with Gasteiger partial charge in [0.2, 0.25) is 0 Å². The summed E-state index contributed by atoms with van der Waals surface area (Å²) in [5.74, 6) is 0.668. The van der Waals surface area contributed by atoms with Crippen LogP contribution in [-0.2, 0) is 11.2 Å². The van der Waals surface area contributed by atoms with Crippen LogP contribution < -0.4 is 5.32 Å². The molecule has 3 atom stereocenters. The predicted octanol–water partition coefficient (Wildman–Crippen LogP) is 4.10. The largest absolute Gasteiger partial charge is 0.381 e. The fourth-order valence-corrected chi connectivity index (χ4v) is 2.93. The first-order chi connectivity index (χ1) is 9.70. The maximum absolute atomic E-state index is 5.48. The second-order valence-electron chi connectivity index (χ2n) is 6.15. The summed E-state index contributed by atoms with van der Waals surface area (Å²) in [6.07, 6.45) is 4.94. The van der Waals surface area contributed by atoms with Crippen LogP contribution in [0, 0.1) is 5.92 Å². The van der Waals surface area contributed by atoms with Gasteiger partial charge in [0, 0.05) is 18.7 Å². The molecule has 0 aliphatic carbocycles. The lowest BCUT2D eigenvalue weighted by Gasteiger charge is -2.24. The van der Waals surface area contributed by atoms with Crippen molar-refractivity contribution in [2.45, 2.75) is 58.5 Å². The van der Waals surface area contributed by atoms with Crippen LogP contribution >= 0.6 is 0 Å². The Bertz CT molecular complexity index is 381. The Morgan fingerprint density at radius 3 is 2.60 bits per heavy atom. The molecule has 2 rings (SSSR count). The SMILES string of the molecule is CCCCc1ccc(C(C)NC(C)C2CCOC2)cc1. The molecule has 1 aliphatic rings. The average molecular weight is 275 g/mol. The molecule has 112 valence electrons. The Balaban J connectivity index is 1.86. The summed E-state index contributed by atoms with van der Waals surface area (Å²) in [4.78, 5) is 0. The zero-order chi connectivity index (χ0) is 14.4. The molecular formula is C18H29NO. The van der Waals surface area contributed by atoms with Crippen LogP contribution in [0.15, 0.2) is 24.3 Å². The van der Waals surface area contributed by atoms with Crippen molar-refractivity contribution in [3.05, 3.63) is 35.4 Å². The summed E-state index contributed by atoms with van der Waals surface area (Å²) < 4.78 is 5.48. The Labute approximate surface area is 123 Å². The fraction of sp³-hybridized carbons (Fsp3) is 0.667. The summed E-state index contributed by atoms with van der Waals surface area (Å²) >= 11 is 0. The molecule has 1 heterocycles. The van der Waals surface area contributed by atoms with Crippen LogP contribution in [0.25, 0.3) is 0 Å². The minimum Gasteiger partial charge on any atom is -0.381 e. The van der Waals surface area contributed by atoms with Gasteiger partial charge in [-0.25, -0.2) is 0 Å². The van der Waals surface area contributed by atoms with Crippen molar-refractivity contribution in [3.8, 4) is 0 Å². The lowest BCUT2D eigenvalue weighted by Crippen LogP contribution is -2.35. The van der Waals surface area contributed by atoms with E-state index in [0.29, 0.717) is 18.0 Å². The van der Waals surface area contributed by atoms with Gasteiger partial charge in [-0.2, -0.15) is 0 Å². The van der Waals surface area contributed by atoms with Crippen LogP contribution in [-0.4, -0.2) is 19.3 Å². The molecule has 1 aliphatic heterocycles. The Hall–Kier alpha value is -0.860. The number of benzene rings is 1. The Morgan fingerprint density at radius 1 is 1.25 bits per heavy atom. The van der Waals surface area contributed by atoms with E-state index in [1.54, 1.807) is 0 Å². The minimum atomic E-state index is 0.408. The lowest BCUT2D eigenvalue weighted by molar-refractivity contribution is 0.177. The van der Waals surface area contributed by atoms with E-state index in [9.17, 15) is 0 Å². The molecule has 3 unspecified atom stereocenters. The maximum Gasteiger partial charge on any atom is 0.0509 e. The molecule has 0 bridgehead atoms. The molecule has 1 aromatic rings. The summed E-state index contributed by atoms with van der Waals surface area (Å²) in [6.45, 7) is 8.63. The molecule has 0 aromatic heterocycles. The Morgan fingerprint density at radius 2 is 2.00 bits per heavy atom. The van der Waals surface area contributed by atoms with Gasteiger partial charge in [0.15, 0.2) is 0 Å². The van der Waals surface area contributed by atoms with Crippen molar-refractivity contribution in [2.24, 2.45) is 5.92 Å². The van der Waals surface area contributed by atoms with Crippen molar-refractivity contribution in [1.82, 2.24) is 5.32 Å². The molecule has 20 heavy (non-hydrogen) atoms. The zero-order valence-electron chi connectivity index (χ0n) is 13.2. The average Bonchev–Trinajstić information content (AvgIpc) is 3.00. The van der Waals surface area contributed by atoms with Crippen LogP contribution in [0.4, 0.5) is 0 Å². The van der Waals surface area contributed by atoms with Crippen LogP contribution in [0.2, 0.25) is 0 Å². The zero-order valence-corrected chi connectivity index (χ0v) is 13.2. The van der Waals surface area contributed by atoms with Crippen LogP contribution in [0.3, 0.4) is 0 Å². The quantitative estimate of drug-likeness (QED) is 0.808. The van der Waals surface area contributed by atoms with Crippen LogP contribution in [0.1, 0.15) is 57.2 Å². The van der Waals surface area contributed by atoms with E-state index in [2.05, 4.69) is 50.4 Å². The number of aryl methyl sites for hydroxylation is 1. The van der Waals surface area contributed by atoms with Gasteiger partial charge in [-0.05, 0) is 50.2 Å². The fourth-order valence-electron chi connectivity index (χ4n) is 2.93. The van der Waals surface area contributed by atoms with Crippen molar-refractivity contribution >= 4 is 0 Å². The third-order valence-electron chi connectivity index (χ3n) is 4.48. The molecule has 1 aromatic carbocycles. The molecule has 1 fully saturated rings.